The molecule has 0 bridgehead atoms. The highest BCUT2D eigenvalue weighted by Gasteiger charge is 2.10. The summed E-state index contributed by atoms with van der Waals surface area (Å²) in [5.41, 5.74) is 2.05. The predicted octanol–water partition coefficient (Wildman–Crippen LogP) is 4.21. The lowest BCUT2D eigenvalue weighted by molar-refractivity contribution is 0.971. The van der Waals surface area contributed by atoms with Gasteiger partial charge in [0, 0.05) is 11.1 Å². The highest BCUT2D eigenvalue weighted by atomic mass is 35.5. The molecule has 21 heavy (non-hydrogen) atoms. The van der Waals surface area contributed by atoms with Crippen LogP contribution in [0.15, 0.2) is 65.7 Å². The molecule has 0 saturated heterocycles. The molecule has 104 valence electrons. The number of aromatic nitrogens is 2. The Balaban J connectivity index is 2.26. The fraction of sp³-hybridized carbons (Fsp3) is 0. The van der Waals surface area contributed by atoms with Gasteiger partial charge in [-0.3, -0.25) is 9.36 Å². The Labute approximate surface area is 131 Å². The molecule has 0 aliphatic heterocycles. The van der Waals surface area contributed by atoms with Crippen LogP contribution in [-0.2, 0) is 0 Å². The van der Waals surface area contributed by atoms with E-state index in [1.807, 2.05) is 30.3 Å². The second-order valence-corrected chi connectivity index (χ2v) is 5.29. The highest BCUT2D eigenvalue weighted by molar-refractivity contribution is 6.35. The first-order chi connectivity index (χ1) is 10.1. The molecule has 0 N–H and O–H groups in total. The van der Waals surface area contributed by atoms with E-state index in [1.165, 1.54) is 12.4 Å². The molecule has 0 atom stereocenters. The van der Waals surface area contributed by atoms with E-state index >= 15 is 0 Å². The van der Waals surface area contributed by atoms with Gasteiger partial charge < -0.3 is 0 Å². The molecule has 0 saturated carbocycles. The molecular weight excluding hydrogens is 307 g/mol. The van der Waals surface area contributed by atoms with Crippen molar-refractivity contribution >= 4 is 23.2 Å². The van der Waals surface area contributed by atoms with Crippen molar-refractivity contribution in [2.45, 2.75) is 0 Å². The molecule has 0 unspecified atom stereocenters. The Morgan fingerprint density at radius 1 is 0.952 bits per heavy atom. The zero-order valence-corrected chi connectivity index (χ0v) is 12.3. The topological polar surface area (TPSA) is 34.9 Å². The number of hydrogen-bond acceptors (Lipinski definition) is 2. The van der Waals surface area contributed by atoms with E-state index < -0.39 is 0 Å². The minimum absolute atomic E-state index is 0.296. The summed E-state index contributed by atoms with van der Waals surface area (Å²) >= 11 is 12.2. The number of rotatable bonds is 2. The van der Waals surface area contributed by atoms with Crippen LogP contribution in [0.3, 0.4) is 0 Å². The molecule has 1 heterocycles. The zero-order chi connectivity index (χ0) is 14.8. The van der Waals surface area contributed by atoms with Crippen LogP contribution >= 0.6 is 23.2 Å². The molecule has 0 spiro atoms. The van der Waals surface area contributed by atoms with Gasteiger partial charge in [-0.05, 0) is 23.8 Å². The predicted molar refractivity (Wildman–Crippen MR) is 85.3 cm³/mol. The van der Waals surface area contributed by atoms with Crippen LogP contribution in [0.2, 0.25) is 10.0 Å². The molecule has 2 aromatic carbocycles. The standard InChI is InChI=1S/C16H10Cl2N2O/c17-12-6-7-14(13(18)8-12)20-10-19-16(21)9-15(20)11-4-2-1-3-5-11/h1-10H. The van der Waals surface area contributed by atoms with Crippen LogP contribution in [0.25, 0.3) is 16.9 Å². The fourth-order valence-electron chi connectivity index (χ4n) is 2.10. The minimum atomic E-state index is -0.296. The first-order valence-corrected chi connectivity index (χ1v) is 7.00. The first kappa shape index (κ1) is 13.9. The summed E-state index contributed by atoms with van der Waals surface area (Å²) in [6.07, 6.45) is 1.47. The van der Waals surface area contributed by atoms with E-state index in [4.69, 9.17) is 23.2 Å². The summed E-state index contributed by atoms with van der Waals surface area (Å²) in [5, 5.41) is 1.05. The molecule has 0 aliphatic carbocycles. The van der Waals surface area contributed by atoms with Gasteiger partial charge >= 0.3 is 0 Å². The van der Waals surface area contributed by atoms with Crippen molar-refractivity contribution in [3.8, 4) is 16.9 Å². The SMILES string of the molecule is O=c1cc(-c2ccccc2)n(-c2ccc(Cl)cc2Cl)cn1. The average Bonchev–Trinajstić information content (AvgIpc) is 2.49. The van der Waals surface area contributed by atoms with Crippen molar-refractivity contribution < 1.29 is 0 Å². The Morgan fingerprint density at radius 2 is 1.71 bits per heavy atom. The third-order valence-electron chi connectivity index (χ3n) is 3.06. The molecular formula is C16H10Cl2N2O. The summed E-state index contributed by atoms with van der Waals surface area (Å²) in [6, 6.07) is 16.3. The van der Waals surface area contributed by atoms with Gasteiger partial charge in [-0.15, -0.1) is 0 Å². The van der Waals surface area contributed by atoms with Crippen LogP contribution in [-0.4, -0.2) is 9.55 Å². The van der Waals surface area contributed by atoms with Gasteiger partial charge in [0.05, 0.1) is 16.4 Å². The second-order valence-electron chi connectivity index (χ2n) is 4.44. The van der Waals surface area contributed by atoms with Crippen molar-refractivity contribution in [2.75, 3.05) is 0 Å². The van der Waals surface area contributed by atoms with Crippen molar-refractivity contribution in [3.63, 3.8) is 0 Å². The van der Waals surface area contributed by atoms with Crippen molar-refractivity contribution in [1.29, 1.82) is 0 Å². The maximum absolute atomic E-state index is 11.6. The average molecular weight is 317 g/mol. The number of benzene rings is 2. The lowest BCUT2D eigenvalue weighted by atomic mass is 10.1. The van der Waals surface area contributed by atoms with E-state index in [9.17, 15) is 4.79 Å². The lowest BCUT2D eigenvalue weighted by Gasteiger charge is -2.14. The van der Waals surface area contributed by atoms with E-state index in [-0.39, 0.29) is 5.56 Å². The Bertz CT molecular complexity index is 844. The van der Waals surface area contributed by atoms with Gasteiger partial charge in [-0.2, -0.15) is 4.98 Å². The minimum Gasteiger partial charge on any atom is -0.299 e. The van der Waals surface area contributed by atoms with E-state index in [0.29, 0.717) is 15.7 Å². The van der Waals surface area contributed by atoms with Crippen LogP contribution in [0.4, 0.5) is 0 Å². The molecule has 3 nitrogen and oxygen atoms in total. The van der Waals surface area contributed by atoms with Gasteiger partial charge in [-0.1, -0.05) is 53.5 Å². The molecule has 3 rings (SSSR count). The maximum Gasteiger partial charge on any atom is 0.273 e. The molecule has 0 aliphatic rings. The van der Waals surface area contributed by atoms with Crippen molar-refractivity contribution in [3.05, 3.63) is 81.3 Å². The largest absolute Gasteiger partial charge is 0.299 e. The maximum atomic E-state index is 11.6. The van der Waals surface area contributed by atoms with Crippen LogP contribution in [0.5, 0.6) is 0 Å². The molecule has 0 radical (unpaired) electrons. The zero-order valence-electron chi connectivity index (χ0n) is 10.8. The smallest absolute Gasteiger partial charge is 0.273 e. The quantitative estimate of drug-likeness (QED) is 0.710. The molecule has 3 aromatic rings. The monoisotopic (exact) mass is 316 g/mol. The molecule has 5 heteroatoms. The Kier molecular flexibility index (Phi) is 3.78. The van der Waals surface area contributed by atoms with Crippen LogP contribution < -0.4 is 5.56 Å². The third-order valence-corrected chi connectivity index (χ3v) is 3.60. The second kappa shape index (κ2) is 5.72. The lowest BCUT2D eigenvalue weighted by Crippen LogP contribution is -2.11. The fourth-order valence-corrected chi connectivity index (χ4v) is 2.60. The van der Waals surface area contributed by atoms with E-state index in [1.54, 1.807) is 22.8 Å². The third kappa shape index (κ3) is 2.84. The number of nitrogens with zero attached hydrogens (tertiary/aromatic N) is 2. The summed E-state index contributed by atoms with van der Waals surface area (Å²) in [4.78, 5) is 15.4. The summed E-state index contributed by atoms with van der Waals surface area (Å²) in [5.74, 6) is 0. The number of halogens is 2. The summed E-state index contributed by atoms with van der Waals surface area (Å²) in [6.45, 7) is 0. The first-order valence-electron chi connectivity index (χ1n) is 6.25. The van der Waals surface area contributed by atoms with Gasteiger partial charge in [-0.25, -0.2) is 0 Å². The van der Waals surface area contributed by atoms with Crippen LogP contribution in [0, 0.1) is 0 Å². The highest BCUT2D eigenvalue weighted by Crippen LogP contribution is 2.28. The molecule has 0 fully saturated rings. The van der Waals surface area contributed by atoms with Crippen molar-refractivity contribution in [1.82, 2.24) is 9.55 Å². The Morgan fingerprint density at radius 3 is 2.43 bits per heavy atom. The van der Waals surface area contributed by atoms with E-state index in [2.05, 4.69) is 4.98 Å². The molecule has 1 aromatic heterocycles. The van der Waals surface area contributed by atoms with Crippen LogP contribution in [0.1, 0.15) is 0 Å². The molecule has 0 amide bonds. The van der Waals surface area contributed by atoms with Gasteiger partial charge in [0.1, 0.15) is 6.33 Å². The normalized spacial score (nSPS) is 10.6. The van der Waals surface area contributed by atoms with Gasteiger partial charge in [0.25, 0.3) is 5.56 Å². The van der Waals surface area contributed by atoms with Crippen molar-refractivity contribution in [2.24, 2.45) is 0 Å². The summed E-state index contributed by atoms with van der Waals surface area (Å²) < 4.78 is 1.77. The van der Waals surface area contributed by atoms with Gasteiger partial charge in [0.15, 0.2) is 0 Å². The van der Waals surface area contributed by atoms with Gasteiger partial charge in [0.2, 0.25) is 0 Å². The number of hydrogen-bond donors (Lipinski definition) is 0. The Hall–Kier alpha value is -2.10. The summed E-state index contributed by atoms with van der Waals surface area (Å²) in [7, 11) is 0. The van der Waals surface area contributed by atoms with E-state index in [0.717, 1.165) is 11.3 Å².